The number of fused-ring (bicyclic) bond motifs is 1. The van der Waals surface area contributed by atoms with E-state index in [0.29, 0.717) is 28.8 Å². The van der Waals surface area contributed by atoms with E-state index >= 15 is 0 Å². The Morgan fingerprint density at radius 3 is 2.67 bits per heavy atom. The monoisotopic (exact) mass is 285 g/mol. The lowest BCUT2D eigenvalue weighted by molar-refractivity contribution is 0.112. The Morgan fingerprint density at radius 1 is 1.24 bits per heavy atom. The number of nitrogens with zero attached hydrogens (tertiary/aromatic N) is 2. The average Bonchev–Trinajstić information content (AvgIpc) is 2.53. The molecule has 0 radical (unpaired) electrons. The van der Waals surface area contributed by atoms with Crippen LogP contribution < -0.4 is 10.5 Å². The molecule has 1 aliphatic carbocycles. The third-order valence-electron chi connectivity index (χ3n) is 4.25. The van der Waals surface area contributed by atoms with Gasteiger partial charge in [0, 0.05) is 0 Å². The molecule has 1 aliphatic rings. The number of nitrogens with two attached hydrogens (primary N) is 1. The van der Waals surface area contributed by atoms with Crippen molar-refractivity contribution in [1.82, 2.24) is 9.97 Å². The van der Waals surface area contributed by atoms with Crippen LogP contribution in [0.3, 0.4) is 0 Å². The van der Waals surface area contributed by atoms with E-state index in [1.165, 1.54) is 19.3 Å². The summed E-state index contributed by atoms with van der Waals surface area (Å²) in [5.74, 6) is 1.31. The number of nitrogen functional groups attached to an aromatic ring is 1. The van der Waals surface area contributed by atoms with Gasteiger partial charge < -0.3 is 10.5 Å². The molecule has 110 valence electrons. The zero-order chi connectivity index (χ0) is 14.8. The normalized spacial score (nSPS) is 16.0. The standard InChI is InChI=1S/C16H19N3O2/c1-21-15-11(10-5-3-2-4-6-10)7-8-12-14(15)13(9-20)19-16(17)18-12/h7-10H,2-6H2,1H3,(H2,17,18,19). The zero-order valence-electron chi connectivity index (χ0n) is 12.1. The molecule has 2 aromatic rings. The molecule has 0 unspecified atom stereocenters. The largest absolute Gasteiger partial charge is 0.496 e. The fourth-order valence-corrected chi connectivity index (χ4v) is 3.30. The molecule has 2 N–H and O–H groups in total. The first-order valence-corrected chi connectivity index (χ1v) is 7.34. The highest BCUT2D eigenvalue weighted by Crippen LogP contribution is 2.41. The van der Waals surface area contributed by atoms with Gasteiger partial charge in [0.25, 0.3) is 0 Å². The molecular formula is C16H19N3O2. The van der Waals surface area contributed by atoms with Crippen molar-refractivity contribution in [2.45, 2.75) is 38.0 Å². The Labute approximate surface area is 123 Å². The molecule has 1 aromatic heterocycles. The van der Waals surface area contributed by atoms with Crippen LogP contribution in [-0.2, 0) is 0 Å². The van der Waals surface area contributed by atoms with Gasteiger partial charge in [0.15, 0.2) is 6.29 Å². The minimum Gasteiger partial charge on any atom is -0.496 e. The second-order valence-corrected chi connectivity index (χ2v) is 5.50. The lowest BCUT2D eigenvalue weighted by atomic mass is 9.83. The van der Waals surface area contributed by atoms with Crippen molar-refractivity contribution >= 4 is 23.1 Å². The van der Waals surface area contributed by atoms with E-state index in [0.717, 1.165) is 24.2 Å². The van der Waals surface area contributed by atoms with Crippen LogP contribution >= 0.6 is 0 Å². The van der Waals surface area contributed by atoms with Crippen LogP contribution in [-0.4, -0.2) is 23.4 Å². The van der Waals surface area contributed by atoms with Gasteiger partial charge in [-0.3, -0.25) is 4.79 Å². The zero-order valence-corrected chi connectivity index (χ0v) is 12.1. The fraction of sp³-hybridized carbons (Fsp3) is 0.438. The topological polar surface area (TPSA) is 78.1 Å². The molecule has 1 fully saturated rings. The molecule has 0 saturated heterocycles. The molecule has 1 saturated carbocycles. The molecule has 0 bridgehead atoms. The molecular weight excluding hydrogens is 266 g/mol. The molecule has 0 amide bonds. The molecule has 0 aliphatic heterocycles. The summed E-state index contributed by atoms with van der Waals surface area (Å²) in [7, 11) is 1.63. The molecule has 5 nitrogen and oxygen atoms in total. The summed E-state index contributed by atoms with van der Waals surface area (Å²) >= 11 is 0. The first-order valence-electron chi connectivity index (χ1n) is 7.34. The van der Waals surface area contributed by atoms with Crippen LogP contribution in [0.15, 0.2) is 12.1 Å². The third-order valence-corrected chi connectivity index (χ3v) is 4.25. The Kier molecular flexibility index (Phi) is 3.73. The van der Waals surface area contributed by atoms with Crippen molar-refractivity contribution in [1.29, 1.82) is 0 Å². The average molecular weight is 285 g/mol. The number of rotatable bonds is 3. The predicted octanol–water partition coefficient (Wildman–Crippen LogP) is 3.08. The maximum Gasteiger partial charge on any atom is 0.221 e. The summed E-state index contributed by atoms with van der Waals surface area (Å²) in [5.41, 5.74) is 7.76. The number of aromatic nitrogens is 2. The first-order chi connectivity index (χ1) is 10.2. The summed E-state index contributed by atoms with van der Waals surface area (Å²) < 4.78 is 5.61. The SMILES string of the molecule is COc1c(C2CCCCC2)ccc2nc(N)nc(C=O)c12. The van der Waals surface area contributed by atoms with E-state index in [4.69, 9.17) is 10.5 Å². The van der Waals surface area contributed by atoms with Crippen molar-refractivity contribution in [3.63, 3.8) is 0 Å². The molecule has 0 spiro atoms. The van der Waals surface area contributed by atoms with E-state index in [2.05, 4.69) is 16.0 Å². The van der Waals surface area contributed by atoms with Crippen LogP contribution in [0.4, 0.5) is 5.95 Å². The van der Waals surface area contributed by atoms with Gasteiger partial charge in [0.1, 0.15) is 11.4 Å². The molecule has 21 heavy (non-hydrogen) atoms. The summed E-state index contributed by atoms with van der Waals surface area (Å²) in [6.07, 6.45) is 6.82. The van der Waals surface area contributed by atoms with Gasteiger partial charge in [0.2, 0.25) is 5.95 Å². The highest BCUT2D eigenvalue weighted by atomic mass is 16.5. The van der Waals surface area contributed by atoms with Gasteiger partial charge in [-0.2, -0.15) is 0 Å². The number of carbonyl (C=O) groups is 1. The van der Waals surface area contributed by atoms with E-state index < -0.39 is 0 Å². The Morgan fingerprint density at radius 2 is 2.00 bits per heavy atom. The maximum absolute atomic E-state index is 11.3. The molecule has 1 aromatic carbocycles. The predicted molar refractivity (Wildman–Crippen MR) is 81.7 cm³/mol. The number of benzene rings is 1. The van der Waals surface area contributed by atoms with Gasteiger partial charge in [0.05, 0.1) is 18.0 Å². The lowest BCUT2D eigenvalue weighted by Crippen LogP contribution is -2.08. The third kappa shape index (κ3) is 2.44. The summed E-state index contributed by atoms with van der Waals surface area (Å²) in [4.78, 5) is 19.6. The number of carbonyl (C=O) groups excluding carboxylic acids is 1. The van der Waals surface area contributed by atoms with Crippen molar-refractivity contribution in [3.05, 3.63) is 23.4 Å². The minimum atomic E-state index is 0.108. The lowest BCUT2D eigenvalue weighted by Gasteiger charge is -2.24. The molecule has 5 heteroatoms. The second kappa shape index (κ2) is 5.68. The van der Waals surface area contributed by atoms with E-state index in [1.807, 2.05) is 6.07 Å². The Balaban J connectivity index is 2.22. The maximum atomic E-state index is 11.3. The Hall–Kier alpha value is -2.17. The second-order valence-electron chi connectivity index (χ2n) is 5.50. The molecule has 0 atom stereocenters. The number of aldehydes is 1. The Bertz CT molecular complexity index is 679. The van der Waals surface area contributed by atoms with Crippen LogP contribution in [0.2, 0.25) is 0 Å². The van der Waals surface area contributed by atoms with Crippen LogP contribution in [0, 0.1) is 0 Å². The number of hydrogen-bond donors (Lipinski definition) is 1. The number of methoxy groups -OCH3 is 1. The quantitative estimate of drug-likeness (QED) is 0.877. The van der Waals surface area contributed by atoms with Gasteiger partial charge in [-0.1, -0.05) is 25.3 Å². The smallest absolute Gasteiger partial charge is 0.221 e. The summed E-state index contributed by atoms with van der Waals surface area (Å²) in [6.45, 7) is 0. The number of anilines is 1. The van der Waals surface area contributed by atoms with Gasteiger partial charge >= 0.3 is 0 Å². The fourth-order valence-electron chi connectivity index (χ4n) is 3.30. The molecule has 1 heterocycles. The highest BCUT2D eigenvalue weighted by molar-refractivity contribution is 5.99. The molecule has 3 rings (SSSR count). The van der Waals surface area contributed by atoms with E-state index in [-0.39, 0.29) is 5.95 Å². The first kappa shape index (κ1) is 13.8. The van der Waals surface area contributed by atoms with Crippen molar-refractivity contribution in [2.24, 2.45) is 0 Å². The summed E-state index contributed by atoms with van der Waals surface area (Å²) in [6, 6.07) is 3.96. The van der Waals surface area contributed by atoms with Crippen LogP contribution in [0.25, 0.3) is 10.9 Å². The highest BCUT2D eigenvalue weighted by Gasteiger charge is 2.22. The van der Waals surface area contributed by atoms with E-state index in [1.54, 1.807) is 7.11 Å². The van der Waals surface area contributed by atoms with Crippen molar-refractivity contribution in [3.8, 4) is 5.75 Å². The number of hydrogen-bond acceptors (Lipinski definition) is 5. The number of ether oxygens (including phenoxy) is 1. The van der Waals surface area contributed by atoms with Crippen molar-refractivity contribution in [2.75, 3.05) is 12.8 Å². The van der Waals surface area contributed by atoms with Gasteiger partial charge in [-0.15, -0.1) is 0 Å². The van der Waals surface area contributed by atoms with Crippen LogP contribution in [0.1, 0.15) is 54.1 Å². The van der Waals surface area contributed by atoms with Crippen LogP contribution in [0.5, 0.6) is 5.75 Å². The minimum absolute atomic E-state index is 0.108. The van der Waals surface area contributed by atoms with Gasteiger partial charge in [-0.25, -0.2) is 9.97 Å². The van der Waals surface area contributed by atoms with E-state index in [9.17, 15) is 4.79 Å². The van der Waals surface area contributed by atoms with Crippen molar-refractivity contribution < 1.29 is 9.53 Å². The van der Waals surface area contributed by atoms with Gasteiger partial charge in [-0.05, 0) is 30.4 Å². The summed E-state index contributed by atoms with van der Waals surface area (Å²) in [5, 5.41) is 0.671.